The normalized spacial score (nSPS) is 23.4. The summed E-state index contributed by atoms with van der Waals surface area (Å²) >= 11 is 6.60. The van der Waals surface area contributed by atoms with Gasteiger partial charge in [0, 0.05) is 20.0 Å². The zero-order chi connectivity index (χ0) is 22.2. The molecule has 0 aliphatic heterocycles. The highest BCUT2D eigenvalue weighted by molar-refractivity contribution is 6.36. The van der Waals surface area contributed by atoms with Gasteiger partial charge < -0.3 is 19.5 Å². The summed E-state index contributed by atoms with van der Waals surface area (Å²) in [6.07, 6.45) is 7.61. The van der Waals surface area contributed by atoms with Crippen LogP contribution in [-0.2, 0) is 16.6 Å². The van der Waals surface area contributed by atoms with Crippen molar-refractivity contribution in [2.45, 2.75) is 83.1 Å². The molecule has 1 atom stereocenters. The number of amides is 1. The van der Waals surface area contributed by atoms with Crippen LogP contribution in [0.1, 0.15) is 59.3 Å². The van der Waals surface area contributed by atoms with Gasteiger partial charge in [-0.25, -0.2) is 4.98 Å². The molecule has 0 radical (unpaired) electrons. The van der Waals surface area contributed by atoms with Gasteiger partial charge in [-0.15, -0.1) is 0 Å². The van der Waals surface area contributed by atoms with Crippen molar-refractivity contribution < 1.29 is 19.0 Å². The average Bonchev–Trinajstić information content (AvgIpc) is 3.36. The van der Waals surface area contributed by atoms with Gasteiger partial charge >= 0.3 is 0 Å². The number of aromatic nitrogens is 3. The number of halogens is 1. The maximum atomic E-state index is 11.1. The topological polar surface area (TPSA) is 87.5 Å². The van der Waals surface area contributed by atoms with Gasteiger partial charge in [0.15, 0.2) is 0 Å². The molecule has 8 nitrogen and oxygen atoms in total. The minimum atomic E-state index is -0.150. The summed E-state index contributed by atoms with van der Waals surface area (Å²) < 4.78 is 20.0. The van der Waals surface area contributed by atoms with E-state index in [9.17, 15) is 4.79 Å². The van der Waals surface area contributed by atoms with Crippen LogP contribution in [0.15, 0.2) is 6.20 Å². The Morgan fingerprint density at radius 1 is 1.32 bits per heavy atom. The van der Waals surface area contributed by atoms with Crippen molar-refractivity contribution in [1.29, 1.82) is 0 Å². The van der Waals surface area contributed by atoms with Crippen LogP contribution in [-0.4, -0.2) is 50.9 Å². The molecule has 0 bridgehead atoms. The van der Waals surface area contributed by atoms with Crippen LogP contribution >= 0.6 is 11.6 Å². The van der Waals surface area contributed by atoms with Gasteiger partial charge in [0.25, 0.3) is 6.01 Å². The van der Waals surface area contributed by atoms with E-state index in [4.69, 9.17) is 25.8 Å². The molecule has 2 aromatic heterocycles. The second kappa shape index (κ2) is 8.82. The van der Waals surface area contributed by atoms with Gasteiger partial charge in [-0.1, -0.05) is 11.6 Å². The van der Waals surface area contributed by atoms with Gasteiger partial charge in [0.05, 0.1) is 24.4 Å². The number of nitrogens with zero attached hydrogens (tertiary/aromatic N) is 3. The Kier molecular flexibility index (Phi) is 6.30. The van der Waals surface area contributed by atoms with Crippen molar-refractivity contribution in [1.82, 2.24) is 19.9 Å². The maximum absolute atomic E-state index is 11.1. The zero-order valence-electron chi connectivity index (χ0n) is 18.6. The predicted molar refractivity (Wildman–Crippen MR) is 118 cm³/mol. The summed E-state index contributed by atoms with van der Waals surface area (Å²) in [5.74, 6) is 0.418. The van der Waals surface area contributed by atoms with Crippen LogP contribution in [0.3, 0.4) is 0 Å². The Morgan fingerprint density at radius 2 is 2.00 bits per heavy atom. The van der Waals surface area contributed by atoms with Crippen molar-refractivity contribution >= 4 is 28.5 Å². The lowest BCUT2D eigenvalue weighted by atomic mass is 9.95. The molecule has 2 heterocycles. The third-order valence-electron chi connectivity index (χ3n) is 6.00. The lowest BCUT2D eigenvalue weighted by molar-refractivity contribution is -0.120. The van der Waals surface area contributed by atoms with E-state index >= 15 is 0 Å². The van der Waals surface area contributed by atoms with Crippen LogP contribution in [0.5, 0.6) is 11.9 Å². The highest BCUT2D eigenvalue weighted by Gasteiger charge is 2.41. The van der Waals surface area contributed by atoms with Gasteiger partial charge in [-0.2, -0.15) is 4.98 Å². The molecule has 2 fully saturated rings. The fourth-order valence-electron chi connectivity index (χ4n) is 3.95. The molecule has 2 saturated carbocycles. The van der Waals surface area contributed by atoms with Crippen molar-refractivity contribution in [3.63, 3.8) is 0 Å². The van der Waals surface area contributed by atoms with Crippen molar-refractivity contribution in [2.24, 2.45) is 7.05 Å². The Morgan fingerprint density at radius 3 is 2.65 bits per heavy atom. The fourth-order valence-corrected chi connectivity index (χ4v) is 4.26. The molecule has 1 amide bonds. The van der Waals surface area contributed by atoms with Crippen LogP contribution in [0.2, 0.25) is 5.02 Å². The Labute approximate surface area is 187 Å². The largest absolute Gasteiger partial charge is 0.470 e. The van der Waals surface area contributed by atoms with Gasteiger partial charge in [0.1, 0.15) is 22.2 Å². The Bertz CT molecular complexity index is 951. The van der Waals surface area contributed by atoms with Crippen LogP contribution in [0.25, 0.3) is 11.0 Å². The molecular formula is C22H31ClN4O4. The molecule has 2 aliphatic rings. The van der Waals surface area contributed by atoms with E-state index in [2.05, 4.69) is 22.2 Å². The third kappa shape index (κ3) is 5.23. The number of rotatable bonds is 8. The van der Waals surface area contributed by atoms with E-state index < -0.39 is 0 Å². The lowest BCUT2D eigenvalue weighted by Gasteiger charge is -2.29. The van der Waals surface area contributed by atoms with Gasteiger partial charge in [0.2, 0.25) is 11.8 Å². The molecule has 4 rings (SSSR count). The first-order chi connectivity index (χ1) is 14.7. The van der Waals surface area contributed by atoms with Crippen molar-refractivity contribution in [2.75, 3.05) is 6.61 Å². The molecule has 170 valence electrons. The molecule has 0 unspecified atom stereocenters. The quantitative estimate of drug-likeness (QED) is 0.658. The lowest BCUT2D eigenvalue weighted by Crippen LogP contribution is -2.37. The van der Waals surface area contributed by atoms with Gasteiger partial charge in [-0.05, 0) is 52.4 Å². The second-order valence-electron chi connectivity index (χ2n) is 9.07. The molecular weight excluding hydrogens is 420 g/mol. The highest BCUT2D eigenvalue weighted by Crippen LogP contribution is 2.42. The maximum Gasteiger partial charge on any atom is 0.297 e. The highest BCUT2D eigenvalue weighted by atomic mass is 35.5. The Balaban J connectivity index is 1.34. The first-order valence-electron chi connectivity index (χ1n) is 11.0. The van der Waals surface area contributed by atoms with E-state index in [1.165, 1.54) is 6.92 Å². The third-order valence-corrected chi connectivity index (χ3v) is 6.34. The number of imidazole rings is 1. The smallest absolute Gasteiger partial charge is 0.297 e. The summed E-state index contributed by atoms with van der Waals surface area (Å²) in [7, 11) is 1.90. The fraction of sp³-hybridized carbons (Fsp3) is 0.682. The summed E-state index contributed by atoms with van der Waals surface area (Å²) in [4.78, 5) is 20.1. The number of pyridine rings is 1. The van der Waals surface area contributed by atoms with Gasteiger partial charge in [-0.3, -0.25) is 9.36 Å². The van der Waals surface area contributed by atoms with E-state index in [1.54, 1.807) is 6.20 Å². The molecule has 0 spiro atoms. The summed E-state index contributed by atoms with van der Waals surface area (Å²) in [6.45, 7) is 6.05. The monoisotopic (exact) mass is 450 g/mol. The van der Waals surface area contributed by atoms with E-state index in [0.717, 1.165) is 44.0 Å². The number of nitrogens with one attached hydrogen (secondary N) is 1. The van der Waals surface area contributed by atoms with Crippen LogP contribution in [0, 0.1) is 0 Å². The first kappa shape index (κ1) is 22.1. The molecule has 1 N–H and O–H groups in total. The average molecular weight is 451 g/mol. The number of ether oxygens (including phenoxy) is 3. The SMILES string of the molecule is CC(=O)N[C@@H](C)COC1CCC(Oc2nc3cnc(OC4(C)CC4)c(Cl)c3n2C)CC1. The molecule has 2 aliphatic carbocycles. The van der Waals surface area contributed by atoms with Crippen LogP contribution in [0.4, 0.5) is 0 Å². The minimum absolute atomic E-state index is 0.0150. The number of fused-ring (bicyclic) bond motifs is 1. The molecule has 31 heavy (non-hydrogen) atoms. The zero-order valence-corrected chi connectivity index (χ0v) is 19.4. The second-order valence-corrected chi connectivity index (χ2v) is 9.45. The predicted octanol–water partition coefficient (Wildman–Crippen LogP) is 3.78. The standard InChI is InChI=1S/C22H31ClN4O4/c1-13(25-14(2)28)12-29-15-5-7-16(8-6-15)30-21-26-17-11-24-20(31-22(3)9-10-22)18(23)19(17)27(21)4/h11,13,15-16H,5-10,12H2,1-4H3,(H,25,28)/t13-,15?,16?/m0/s1. The molecule has 2 aromatic rings. The molecule has 0 aromatic carbocycles. The number of carbonyl (C=O) groups excluding carboxylic acids is 1. The van der Waals surface area contributed by atoms with E-state index in [0.29, 0.717) is 29.0 Å². The number of carbonyl (C=O) groups is 1. The molecule has 9 heteroatoms. The summed E-state index contributed by atoms with van der Waals surface area (Å²) in [6, 6.07) is 0.554. The van der Waals surface area contributed by atoms with E-state index in [1.807, 2.05) is 18.5 Å². The summed E-state index contributed by atoms with van der Waals surface area (Å²) in [5.41, 5.74) is 1.32. The van der Waals surface area contributed by atoms with Crippen molar-refractivity contribution in [3.05, 3.63) is 11.2 Å². The van der Waals surface area contributed by atoms with Crippen molar-refractivity contribution in [3.8, 4) is 11.9 Å². The molecule has 0 saturated heterocycles. The summed E-state index contributed by atoms with van der Waals surface area (Å²) in [5, 5.41) is 3.32. The first-order valence-corrected chi connectivity index (χ1v) is 11.4. The number of hydrogen-bond donors (Lipinski definition) is 1. The number of aryl methyl sites for hydroxylation is 1. The number of hydrogen-bond acceptors (Lipinski definition) is 6. The van der Waals surface area contributed by atoms with E-state index in [-0.39, 0.29) is 29.8 Å². The van der Waals surface area contributed by atoms with Crippen LogP contribution < -0.4 is 14.8 Å². The minimum Gasteiger partial charge on any atom is -0.470 e. The Hall–Kier alpha value is -2.06.